The van der Waals surface area contributed by atoms with Crippen LogP contribution >= 0.6 is 11.6 Å². The highest BCUT2D eigenvalue weighted by molar-refractivity contribution is 6.32. The van der Waals surface area contributed by atoms with Crippen LogP contribution in [-0.4, -0.2) is 14.9 Å². The number of hydrogen-bond acceptors (Lipinski definition) is 3. The largest absolute Gasteiger partial charge is 0.486 e. The second-order valence-electron chi connectivity index (χ2n) is 4.56. The Morgan fingerprint density at radius 2 is 2.16 bits per heavy atom. The summed E-state index contributed by atoms with van der Waals surface area (Å²) in [6.07, 6.45) is -0.536. The molecule has 0 fully saturated rings. The SMILES string of the molecule is Cc1cc(COc2ccc([C@H](C)O)cc2Cl)n(C)n1. The van der Waals surface area contributed by atoms with Gasteiger partial charge in [-0.3, -0.25) is 4.68 Å². The van der Waals surface area contributed by atoms with Gasteiger partial charge in [0.05, 0.1) is 22.5 Å². The summed E-state index contributed by atoms with van der Waals surface area (Å²) in [7, 11) is 1.88. The molecular weight excluding hydrogens is 264 g/mol. The van der Waals surface area contributed by atoms with Gasteiger partial charge in [-0.1, -0.05) is 17.7 Å². The van der Waals surface area contributed by atoms with Gasteiger partial charge in [-0.15, -0.1) is 0 Å². The third-order valence-corrected chi connectivity index (χ3v) is 3.21. The molecular formula is C14H17ClN2O2. The zero-order chi connectivity index (χ0) is 14.0. The van der Waals surface area contributed by atoms with Gasteiger partial charge in [0.2, 0.25) is 0 Å². The minimum atomic E-state index is -0.536. The number of nitrogens with zero attached hydrogens (tertiary/aromatic N) is 2. The van der Waals surface area contributed by atoms with Crippen LogP contribution < -0.4 is 4.74 Å². The Bertz CT molecular complexity index is 579. The third-order valence-electron chi connectivity index (χ3n) is 2.91. The van der Waals surface area contributed by atoms with E-state index in [0.717, 1.165) is 17.0 Å². The summed E-state index contributed by atoms with van der Waals surface area (Å²) < 4.78 is 7.46. The molecule has 1 atom stereocenters. The van der Waals surface area contributed by atoms with E-state index in [1.54, 1.807) is 29.8 Å². The van der Waals surface area contributed by atoms with Gasteiger partial charge in [0.25, 0.3) is 0 Å². The molecule has 19 heavy (non-hydrogen) atoms. The Hall–Kier alpha value is -1.52. The second kappa shape index (κ2) is 5.63. The summed E-state index contributed by atoms with van der Waals surface area (Å²) in [6.45, 7) is 4.05. The first-order chi connectivity index (χ1) is 8.97. The van der Waals surface area contributed by atoms with E-state index >= 15 is 0 Å². The van der Waals surface area contributed by atoms with Crippen molar-refractivity contribution in [3.63, 3.8) is 0 Å². The van der Waals surface area contributed by atoms with Crippen molar-refractivity contribution < 1.29 is 9.84 Å². The quantitative estimate of drug-likeness (QED) is 0.936. The van der Waals surface area contributed by atoms with Crippen LogP contribution in [0.15, 0.2) is 24.3 Å². The number of hydrogen-bond donors (Lipinski definition) is 1. The molecule has 0 saturated carbocycles. The molecule has 0 unspecified atom stereocenters. The highest BCUT2D eigenvalue weighted by atomic mass is 35.5. The van der Waals surface area contributed by atoms with Crippen LogP contribution in [0.25, 0.3) is 0 Å². The lowest BCUT2D eigenvalue weighted by molar-refractivity contribution is 0.199. The number of aliphatic hydroxyl groups is 1. The Morgan fingerprint density at radius 3 is 2.68 bits per heavy atom. The second-order valence-corrected chi connectivity index (χ2v) is 4.96. The van der Waals surface area contributed by atoms with Crippen molar-refractivity contribution in [2.45, 2.75) is 26.6 Å². The van der Waals surface area contributed by atoms with Crippen molar-refractivity contribution in [3.8, 4) is 5.75 Å². The van der Waals surface area contributed by atoms with Gasteiger partial charge in [-0.25, -0.2) is 0 Å². The lowest BCUT2D eigenvalue weighted by Gasteiger charge is -2.10. The highest BCUT2D eigenvalue weighted by Gasteiger charge is 2.08. The topological polar surface area (TPSA) is 47.3 Å². The molecule has 1 aromatic heterocycles. The van der Waals surface area contributed by atoms with Crippen LogP contribution in [0, 0.1) is 6.92 Å². The molecule has 0 spiro atoms. The van der Waals surface area contributed by atoms with Crippen LogP contribution in [-0.2, 0) is 13.7 Å². The van der Waals surface area contributed by atoms with Crippen LogP contribution in [0.3, 0.4) is 0 Å². The first kappa shape index (κ1) is 13.9. The number of ether oxygens (including phenoxy) is 1. The molecule has 0 bridgehead atoms. The lowest BCUT2D eigenvalue weighted by atomic mass is 10.1. The molecule has 2 rings (SSSR count). The first-order valence-electron chi connectivity index (χ1n) is 6.07. The summed E-state index contributed by atoms with van der Waals surface area (Å²) in [5.41, 5.74) is 2.71. The van der Waals surface area contributed by atoms with Gasteiger partial charge in [0.1, 0.15) is 12.4 Å². The smallest absolute Gasteiger partial charge is 0.138 e. The van der Waals surface area contributed by atoms with Gasteiger partial charge in [-0.05, 0) is 37.6 Å². The van der Waals surface area contributed by atoms with Gasteiger partial charge in [-0.2, -0.15) is 5.10 Å². The summed E-state index contributed by atoms with van der Waals surface area (Å²) in [5, 5.41) is 14.2. The summed E-state index contributed by atoms with van der Waals surface area (Å²) in [5.74, 6) is 0.602. The minimum Gasteiger partial charge on any atom is -0.486 e. The Morgan fingerprint density at radius 1 is 1.42 bits per heavy atom. The van der Waals surface area contributed by atoms with Crippen LogP contribution in [0.1, 0.15) is 30.0 Å². The molecule has 0 radical (unpaired) electrons. The van der Waals surface area contributed by atoms with Gasteiger partial charge in [0, 0.05) is 7.05 Å². The molecule has 1 aromatic carbocycles. The van der Waals surface area contributed by atoms with Crippen molar-refractivity contribution in [1.82, 2.24) is 9.78 Å². The zero-order valence-corrected chi connectivity index (χ0v) is 12.0. The number of aliphatic hydroxyl groups excluding tert-OH is 1. The molecule has 1 heterocycles. The number of aryl methyl sites for hydroxylation is 2. The summed E-state index contributed by atoms with van der Waals surface area (Å²) in [4.78, 5) is 0. The van der Waals surface area contributed by atoms with E-state index in [0.29, 0.717) is 17.4 Å². The lowest BCUT2D eigenvalue weighted by Crippen LogP contribution is -2.03. The molecule has 0 amide bonds. The molecule has 2 aromatic rings. The Kier molecular flexibility index (Phi) is 4.12. The van der Waals surface area contributed by atoms with E-state index in [1.165, 1.54) is 0 Å². The predicted octanol–water partition coefficient (Wildman–Crippen LogP) is 3.01. The average Bonchev–Trinajstić information content (AvgIpc) is 2.66. The fourth-order valence-electron chi connectivity index (χ4n) is 1.85. The number of rotatable bonds is 4. The van der Waals surface area contributed by atoms with Crippen LogP contribution in [0.2, 0.25) is 5.02 Å². The van der Waals surface area contributed by atoms with Crippen molar-refractivity contribution in [2.24, 2.45) is 7.05 Å². The Labute approximate surface area is 117 Å². The standard InChI is InChI=1S/C14H17ClN2O2/c1-9-6-12(17(3)16-9)8-19-14-5-4-11(10(2)18)7-13(14)15/h4-7,10,18H,8H2,1-3H3/t10-/m0/s1. The van der Waals surface area contributed by atoms with Gasteiger partial charge in [0.15, 0.2) is 0 Å². The monoisotopic (exact) mass is 280 g/mol. The maximum absolute atomic E-state index is 9.48. The average molecular weight is 281 g/mol. The van der Waals surface area contributed by atoms with Crippen LogP contribution in [0.4, 0.5) is 0 Å². The van der Waals surface area contributed by atoms with Crippen LogP contribution in [0.5, 0.6) is 5.75 Å². The maximum Gasteiger partial charge on any atom is 0.138 e. The van der Waals surface area contributed by atoms with E-state index in [9.17, 15) is 5.11 Å². The molecule has 4 nitrogen and oxygen atoms in total. The van der Waals surface area contributed by atoms with E-state index in [4.69, 9.17) is 16.3 Å². The van der Waals surface area contributed by atoms with Crippen molar-refractivity contribution in [3.05, 3.63) is 46.2 Å². The summed E-state index contributed by atoms with van der Waals surface area (Å²) in [6, 6.07) is 7.27. The van der Waals surface area contributed by atoms with E-state index in [-0.39, 0.29) is 0 Å². The number of benzene rings is 1. The first-order valence-corrected chi connectivity index (χ1v) is 6.45. The number of aromatic nitrogens is 2. The normalized spacial score (nSPS) is 12.5. The van der Waals surface area contributed by atoms with E-state index in [1.807, 2.05) is 20.0 Å². The van der Waals surface area contributed by atoms with Gasteiger partial charge < -0.3 is 9.84 Å². The highest BCUT2D eigenvalue weighted by Crippen LogP contribution is 2.28. The van der Waals surface area contributed by atoms with E-state index < -0.39 is 6.10 Å². The van der Waals surface area contributed by atoms with Crippen molar-refractivity contribution in [2.75, 3.05) is 0 Å². The Balaban J connectivity index is 2.10. The summed E-state index contributed by atoms with van der Waals surface area (Å²) >= 11 is 6.13. The van der Waals surface area contributed by atoms with E-state index in [2.05, 4.69) is 5.10 Å². The fraction of sp³-hybridized carbons (Fsp3) is 0.357. The molecule has 0 saturated heterocycles. The third kappa shape index (κ3) is 3.28. The fourth-order valence-corrected chi connectivity index (χ4v) is 2.09. The van der Waals surface area contributed by atoms with Gasteiger partial charge >= 0.3 is 0 Å². The molecule has 5 heteroatoms. The van der Waals surface area contributed by atoms with Crippen molar-refractivity contribution >= 4 is 11.6 Å². The minimum absolute atomic E-state index is 0.408. The molecule has 102 valence electrons. The maximum atomic E-state index is 9.48. The predicted molar refractivity (Wildman–Crippen MR) is 74.4 cm³/mol. The zero-order valence-electron chi connectivity index (χ0n) is 11.2. The number of halogens is 1. The molecule has 0 aliphatic heterocycles. The van der Waals surface area contributed by atoms with Crippen molar-refractivity contribution in [1.29, 1.82) is 0 Å². The molecule has 0 aliphatic rings. The molecule has 1 N–H and O–H groups in total. The molecule has 0 aliphatic carbocycles.